The highest BCUT2D eigenvalue weighted by atomic mass is 35.5. The molecule has 0 aliphatic carbocycles. The fourth-order valence-corrected chi connectivity index (χ4v) is 3.14. The highest BCUT2D eigenvalue weighted by molar-refractivity contribution is 6.35. The first-order chi connectivity index (χ1) is 13.0. The van der Waals surface area contributed by atoms with Crippen molar-refractivity contribution in [1.82, 2.24) is 10.2 Å². The number of nitrogens with one attached hydrogen (secondary N) is 1. The molecule has 0 spiro atoms. The van der Waals surface area contributed by atoms with Gasteiger partial charge in [0.2, 0.25) is 5.91 Å². The molecule has 0 bridgehead atoms. The molecule has 2 rings (SSSR count). The molecule has 5 nitrogen and oxygen atoms in total. The number of likely N-dealkylation sites (N-methyl/N-ethyl adjacent to an activating group) is 1. The maximum absolute atomic E-state index is 12.9. The Bertz CT molecular complexity index is 784. The number of ether oxygens (including phenoxy) is 1. The van der Waals surface area contributed by atoms with Crippen molar-refractivity contribution < 1.29 is 14.3 Å². The molecular formula is C20H22Cl2N2O3. The molecule has 27 heavy (non-hydrogen) atoms. The van der Waals surface area contributed by atoms with Crippen molar-refractivity contribution in [3.63, 3.8) is 0 Å². The number of halogens is 2. The van der Waals surface area contributed by atoms with E-state index in [0.29, 0.717) is 28.8 Å². The number of carbonyl (C=O) groups excluding carboxylic acids is 2. The minimum atomic E-state index is -0.591. The van der Waals surface area contributed by atoms with Gasteiger partial charge in [0.15, 0.2) is 6.61 Å². The van der Waals surface area contributed by atoms with E-state index >= 15 is 0 Å². The standard InChI is InChI=1S/C20H22Cl2N2O3/c1-3-17(20(26)23-2)24(12-14-7-5-4-6-8-14)19(25)13-27-18-10-9-15(21)11-16(18)22/h4-11,17H,3,12-13H2,1-2H3,(H,23,26). The Morgan fingerprint density at radius 1 is 1.15 bits per heavy atom. The molecule has 0 fully saturated rings. The van der Waals surface area contributed by atoms with E-state index in [4.69, 9.17) is 27.9 Å². The van der Waals surface area contributed by atoms with Crippen LogP contribution < -0.4 is 10.1 Å². The zero-order valence-electron chi connectivity index (χ0n) is 15.2. The van der Waals surface area contributed by atoms with Crippen molar-refractivity contribution in [2.75, 3.05) is 13.7 Å². The highest BCUT2D eigenvalue weighted by Gasteiger charge is 2.28. The summed E-state index contributed by atoms with van der Waals surface area (Å²) in [6, 6.07) is 13.7. The third-order valence-corrected chi connectivity index (χ3v) is 4.60. The second-order valence-electron chi connectivity index (χ2n) is 5.91. The van der Waals surface area contributed by atoms with Gasteiger partial charge < -0.3 is 15.0 Å². The van der Waals surface area contributed by atoms with Gasteiger partial charge in [-0.1, -0.05) is 60.5 Å². The molecule has 1 atom stereocenters. The van der Waals surface area contributed by atoms with Crippen molar-refractivity contribution in [2.24, 2.45) is 0 Å². The van der Waals surface area contributed by atoms with Crippen LogP contribution in [-0.4, -0.2) is 36.4 Å². The fourth-order valence-electron chi connectivity index (χ4n) is 2.68. The monoisotopic (exact) mass is 408 g/mol. The van der Waals surface area contributed by atoms with Gasteiger partial charge in [-0.15, -0.1) is 0 Å². The molecule has 2 amide bonds. The van der Waals surface area contributed by atoms with Crippen LogP contribution >= 0.6 is 23.2 Å². The van der Waals surface area contributed by atoms with Crippen LogP contribution in [0, 0.1) is 0 Å². The zero-order chi connectivity index (χ0) is 19.8. The number of hydrogen-bond donors (Lipinski definition) is 1. The molecule has 0 aliphatic heterocycles. The van der Waals surface area contributed by atoms with E-state index in [0.717, 1.165) is 5.56 Å². The van der Waals surface area contributed by atoms with Crippen LogP contribution in [0.25, 0.3) is 0 Å². The van der Waals surface area contributed by atoms with Crippen LogP contribution in [0.5, 0.6) is 5.75 Å². The molecule has 7 heteroatoms. The average Bonchev–Trinajstić information content (AvgIpc) is 2.67. The maximum atomic E-state index is 12.9. The molecule has 2 aromatic carbocycles. The van der Waals surface area contributed by atoms with Crippen molar-refractivity contribution >= 4 is 35.0 Å². The normalized spacial score (nSPS) is 11.6. The fraction of sp³-hybridized carbons (Fsp3) is 0.300. The molecule has 0 aliphatic rings. The van der Waals surface area contributed by atoms with Gasteiger partial charge in [0.1, 0.15) is 11.8 Å². The quantitative estimate of drug-likeness (QED) is 0.719. The Morgan fingerprint density at radius 3 is 2.44 bits per heavy atom. The predicted octanol–water partition coefficient (Wildman–Crippen LogP) is 3.93. The van der Waals surface area contributed by atoms with Gasteiger partial charge in [-0.25, -0.2) is 0 Å². The van der Waals surface area contributed by atoms with E-state index in [-0.39, 0.29) is 18.4 Å². The molecule has 0 aromatic heterocycles. The van der Waals surface area contributed by atoms with E-state index in [9.17, 15) is 9.59 Å². The number of amides is 2. The second kappa shape index (κ2) is 10.2. The summed E-state index contributed by atoms with van der Waals surface area (Å²) >= 11 is 12.0. The van der Waals surface area contributed by atoms with E-state index in [1.807, 2.05) is 37.3 Å². The Morgan fingerprint density at radius 2 is 1.85 bits per heavy atom. The van der Waals surface area contributed by atoms with Crippen molar-refractivity contribution in [2.45, 2.75) is 25.9 Å². The molecule has 1 unspecified atom stereocenters. The van der Waals surface area contributed by atoms with E-state index in [1.54, 1.807) is 25.2 Å². The van der Waals surface area contributed by atoms with Crippen LogP contribution in [0.2, 0.25) is 10.0 Å². The van der Waals surface area contributed by atoms with Crippen molar-refractivity contribution in [1.29, 1.82) is 0 Å². The summed E-state index contributed by atoms with van der Waals surface area (Å²) in [6.07, 6.45) is 0.486. The van der Waals surface area contributed by atoms with Gasteiger partial charge >= 0.3 is 0 Å². The van der Waals surface area contributed by atoms with Gasteiger partial charge in [0.25, 0.3) is 5.91 Å². The Balaban J connectivity index is 2.17. The molecule has 0 saturated carbocycles. The first kappa shape index (κ1) is 21.1. The summed E-state index contributed by atoms with van der Waals surface area (Å²) < 4.78 is 5.57. The first-order valence-electron chi connectivity index (χ1n) is 8.59. The molecule has 0 radical (unpaired) electrons. The van der Waals surface area contributed by atoms with Crippen molar-refractivity contribution in [3.8, 4) is 5.75 Å². The number of hydrogen-bond acceptors (Lipinski definition) is 3. The highest BCUT2D eigenvalue weighted by Crippen LogP contribution is 2.27. The zero-order valence-corrected chi connectivity index (χ0v) is 16.8. The Kier molecular flexibility index (Phi) is 7.95. The van der Waals surface area contributed by atoms with Gasteiger partial charge in [0.05, 0.1) is 5.02 Å². The van der Waals surface area contributed by atoms with E-state index < -0.39 is 6.04 Å². The third kappa shape index (κ3) is 5.88. The minimum absolute atomic E-state index is 0.216. The summed E-state index contributed by atoms with van der Waals surface area (Å²) in [4.78, 5) is 26.7. The molecule has 2 aromatic rings. The maximum Gasteiger partial charge on any atom is 0.261 e. The van der Waals surface area contributed by atoms with Crippen LogP contribution in [0.1, 0.15) is 18.9 Å². The average molecular weight is 409 g/mol. The van der Waals surface area contributed by atoms with Crippen LogP contribution in [0.15, 0.2) is 48.5 Å². The minimum Gasteiger partial charge on any atom is -0.482 e. The number of nitrogens with zero attached hydrogens (tertiary/aromatic N) is 1. The lowest BCUT2D eigenvalue weighted by Crippen LogP contribution is -2.49. The first-order valence-corrected chi connectivity index (χ1v) is 9.34. The summed E-state index contributed by atoms with van der Waals surface area (Å²) in [6.45, 7) is 1.94. The number of carbonyl (C=O) groups is 2. The number of benzene rings is 2. The van der Waals surface area contributed by atoms with E-state index in [2.05, 4.69) is 5.32 Å². The largest absolute Gasteiger partial charge is 0.482 e. The topological polar surface area (TPSA) is 58.6 Å². The smallest absolute Gasteiger partial charge is 0.261 e. The lowest BCUT2D eigenvalue weighted by atomic mass is 10.1. The second-order valence-corrected chi connectivity index (χ2v) is 6.75. The van der Waals surface area contributed by atoms with Crippen LogP contribution in [0.3, 0.4) is 0 Å². The molecular weight excluding hydrogens is 387 g/mol. The van der Waals surface area contributed by atoms with Gasteiger partial charge in [-0.3, -0.25) is 9.59 Å². The van der Waals surface area contributed by atoms with Crippen LogP contribution in [-0.2, 0) is 16.1 Å². The van der Waals surface area contributed by atoms with Gasteiger partial charge in [-0.2, -0.15) is 0 Å². The third-order valence-electron chi connectivity index (χ3n) is 4.07. The van der Waals surface area contributed by atoms with Crippen LogP contribution in [0.4, 0.5) is 0 Å². The molecule has 0 saturated heterocycles. The lowest BCUT2D eigenvalue weighted by Gasteiger charge is -2.30. The summed E-state index contributed by atoms with van der Waals surface area (Å²) in [5.74, 6) is -0.159. The Hall–Kier alpha value is -2.24. The molecule has 1 N–H and O–H groups in total. The summed E-state index contributed by atoms with van der Waals surface area (Å²) in [7, 11) is 1.56. The number of rotatable bonds is 8. The Labute approximate surface area is 169 Å². The van der Waals surface area contributed by atoms with Gasteiger partial charge in [-0.05, 0) is 30.2 Å². The van der Waals surface area contributed by atoms with E-state index in [1.165, 1.54) is 4.90 Å². The lowest BCUT2D eigenvalue weighted by molar-refractivity contribution is -0.142. The molecule has 0 heterocycles. The SMILES string of the molecule is CCC(C(=O)NC)N(Cc1ccccc1)C(=O)COc1ccc(Cl)cc1Cl. The van der Waals surface area contributed by atoms with Crippen molar-refractivity contribution in [3.05, 3.63) is 64.1 Å². The summed E-state index contributed by atoms with van der Waals surface area (Å²) in [5.41, 5.74) is 0.928. The molecule has 144 valence electrons. The predicted molar refractivity (Wildman–Crippen MR) is 107 cm³/mol. The van der Waals surface area contributed by atoms with Gasteiger partial charge in [0, 0.05) is 18.6 Å². The summed E-state index contributed by atoms with van der Waals surface area (Å²) in [5, 5.41) is 3.42.